The van der Waals surface area contributed by atoms with Crippen molar-refractivity contribution in [3.63, 3.8) is 0 Å². The van der Waals surface area contributed by atoms with Crippen molar-refractivity contribution in [1.29, 1.82) is 0 Å². The number of hydrogen-bond donors (Lipinski definition) is 0. The highest BCUT2D eigenvalue weighted by atomic mass is 32.2. The Kier molecular flexibility index (Phi) is 6.25. The van der Waals surface area contributed by atoms with E-state index in [1.807, 2.05) is 14.0 Å². The summed E-state index contributed by atoms with van der Waals surface area (Å²) >= 11 is 2.99. The Labute approximate surface area is 128 Å². The van der Waals surface area contributed by atoms with E-state index in [1.54, 1.807) is 4.90 Å². The second-order valence-corrected chi connectivity index (χ2v) is 7.37. The zero-order valence-electron chi connectivity index (χ0n) is 12.0. The highest BCUT2D eigenvalue weighted by molar-refractivity contribution is 8.01. The van der Waals surface area contributed by atoms with E-state index in [2.05, 4.69) is 10.2 Å². The third kappa shape index (κ3) is 5.03. The molecule has 112 valence electrons. The number of thioether (sulfide) groups is 1. The Morgan fingerprint density at radius 3 is 3.00 bits per heavy atom. The molecule has 5 nitrogen and oxygen atoms in total. The zero-order valence-corrected chi connectivity index (χ0v) is 13.6. The third-order valence-electron chi connectivity index (χ3n) is 3.31. The number of ether oxygens (including phenoxy) is 1. The molecule has 0 spiro atoms. The van der Waals surface area contributed by atoms with Crippen LogP contribution in [0.5, 0.6) is 0 Å². The van der Waals surface area contributed by atoms with Crippen LogP contribution in [0.25, 0.3) is 0 Å². The molecule has 0 aromatic carbocycles. The van der Waals surface area contributed by atoms with Gasteiger partial charge in [-0.15, -0.1) is 10.2 Å². The minimum atomic E-state index is 0.138. The second kappa shape index (κ2) is 7.95. The van der Waals surface area contributed by atoms with Gasteiger partial charge in [0.25, 0.3) is 0 Å². The van der Waals surface area contributed by atoms with Crippen LogP contribution in [0.2, 0.25) is 0 Å². The number of rotatable bonds is 6. The molecule has 1 aromatic heterocycles. The third-order valence-corrected chi connectivity index (χ3v) is 5.27. The molecule has 0 radical (unpaired) electrons. The molecule has 1 atom stereocenters. The van der Waals surface area contributed by atoms with Gasteiger partial charge in [0.05, 0.1) is 11.9 Å². The molecular weight excluding hydrogens is 294 g/mol. The van der Waals surface area contributed by atoms with E-state index in [-0.39, 0.29) is 5.91 Å². The molecule has 0 N–H and O–H groups in total. The fraction of sp³-hybridized carbons (Fsp3) is 0.769. The quantitative estimate of drug-likeness (QED) is 0.754. The number of carbonyl (C=O) groups excluding carboxylic acids is 1. The van der Waals surface area contributed by atoms with Crippen LogP contribution >= 0.6 is 23.1 Å². The van der Waals surface area contributed by atoms with Gasteiger partial charge >= 0.3 is 0 Å². The summed E-state index contributed by atoms with van der Waals surface area (Å²) in [6, 6.07) is 0. The van der Waals surface area contributed by atoms with Gasteiger partial charge in [-0.25, -0.2) is 0 Å². The van der Waals surface area contributed by atoms with Gasteiger partial charge in [-0.2, -0.15) is 0 Å². The van der Waals surface area contributed by atoms with Gasteiger partial charge in [0.1, 0.15) is 5.01 Å². The Bertz CT molecular complexity index is 433. The number of carbonyl (C=O) groups is 1. The lowest BCUT2D eigenvalue weighted by atomic mass is 10.1. The van der Waals surface area contributed by atoms with E-state index < -0.39 is 0 Å². The molecule has 1 saturated heterocycles. The summed E-state index contributed by atoms with van der Waals surface area (Å²) in [4.78, 5) is 13.8. The van der Waals surface area contributed by atoms with Crippen molar-refractivity contribution in [2.75, 3.05) is 26.0 Å². The Balaban J connectivity index is 1.66. The summed E-state index contributed by atoms with van der Waals surface area (Å²) in [6.07, 6.45) is 4.81. The van der Waals surface area contributed by atoms with Crippen molar-refractivity contribution in [2.45, 2.75) is 43.1 Å². The molecular formula is C13H21N3O2S2. The van der Waals surface area contributed by atoms with Crippen molar-refractivity contribution in [3.05, 3.63) is 5.01 Å². The maximum Gasteiger partial charge on any atom is 0.232 e. The topological polar surface area (TPSA) is 55.3 Å². The molecule has 1 aliphatic heterocycles. The van der Waals surface area contributed by atoms with Gasteiger partial charge in [-0.3, -0.25) is 4.79 Å². The molecule has 7 heteroatoms. The van der Waals surface area contributed by atoms with Crippen LogP contribution in [0.4, 0.5) is 0 Å². The molecule has 20 heavy (non-hydrogen) atoms. The summed E-state index contributed by atoms with van der Waals surface area (Å²) < 4.78 is 6.54. The monoisotopic (exact) mass is 315 g/mol. The predicted molar refractivity (Wildman–Crippen MR) is 81.2 cm³/mol. The standard InChI is InChI=1S/C13H21N3O2S2/c1-10-14-15-13(20-10)19-9-12(17)16(2)7-6-11-5-3-4-8-18-11/h11H,3-9H2,1-2H3/t11-/m1/s1. The first-order valence-electron chi connectivity index (χ1n) is 6.93. The second-order valence-electron chi connectivity index (χ2n) is 4.97. The lowest BCUT2D eigenvalue weighted by Gasteiger charge is -2.25. The summed E-state index contributed by atoms with van der Waals surface area (Å²) in [5, 5.41) is 8.88. The SMILES string of the molecule is Cc1nnc(SCC(=O)N(C)CC[C@H]2CCCCO2)s1. The molecule has 0 aliphatic carbocycles. The Hall–Kier alpha value is -0.660. The van der Waals surface area contributed by atoms with Crippen LogP contribution in [-0.4, -0.2) is 53.1 Å². The van der Waals surface area contributed by atoms with Crippen molar-refractivity contribution in [1.82, 2.24) is 15.1 Å². The lowest BCUT2D eigenvalue weighted by molar-refractivity contribution is -0.127. The Morgan fingerprint density at radius 1 is 1.50 bits per heavy atom. The molecule has 1 aromatic rings. The molecule has 2 rings (SSSR count). The number of hydrogen-bond acceptors (Lipinski definition) is 6. The minimum Gasteiger partial charge on any atom is -0.378 e. The van der Waals surface area contributed by atoms with Crippen molar-refractivity contribution in [2.24, 2.45) is 0 Å². The van der Waals surface area contributed by atoms with E-state index in [0.29, 0.717) is 11.9 Å². The number of aryl methyl sites for hydroxylation is 1. The summed E-state index contributed by atoms with van der Waals surface area (Å²) in [6.45, 7) is 3.55. The fourth-order valence-electron chi connectivity index (χ4n) is 2.07. The minimum absolute atomic E-state index is 0.138. The molecule has 0 saturated carbocycles. The summed E-state index contributed by atoms with van der Waals surface area (Å²) in [5.74, 6) is 0.565. The first kappa shape index (κ1) is 15.7. The van der Waals surface area contributed by atoms with Gasteiger partial charge in [0.15, 0.2) is 4.34 Å². The average Bonchev–Trinajstić information content (AvgIpc) is 2.89. The van der Waals surface area contributed by atoms with Gasteiger partial charge in [0, 0.05) is 20.2 Å². The van der Waals surface area contributed by atoms with Crippen LogP contribution in [0.1, 0.15) is 30.7 Å². The van der Waals surface area contributed by atoms with Crippen molar-refractivity contribution >= 4 is 29.0 Å². The molecule has 1 amide bonds. The highest BCUT2D eigenvalue weighted by Gasteiger charge is 2.16. The van der Waals surface area contributed by atoms with Gasteiger partial charge < -0.3 is 9.64 Å². The largest absolute Gasteiger partial charge is 0.378 e. The van der Waals surface area contributed by atoms with E-state index in [1.165, 1.54) is 35.9 Å². The molecule has 0 bridgehead atoms. The summed E-state index contributed by atoms with van der Waals surface area (Å²) in [7, 11) is 1.86. The normalized spacial score (nSPS) is 19.0. The molecule has 2 heterocycles. The Morgan fingerprint density at radius 2 is 2.35 bits per heavy atom. The van der Waals surface area contributed by atoms with Gasteiger partial charge in [-0.1, -0.05) is 23.1 Å². The maximum absolute atomic E-state index is 12.0. The van der Waals surface area contributed by atoms with E-state index in [9.17, 15) is 4.79 Å². The molecule has 1 aliphatic rings. The van der Waals surface area contributed by atoms with Crippen molar-refractivity contribution < 1.29 is 9.53 Å². The van der Waals surface area contributed by atoms with E-state index in [4.69, 9.17) is 4.74 Å². The number of nitrogens with zero attached hydrogens (tertiary/aromatic N) is 3. The van der Waals surface area contributed by atoms with Crippen LogP contribution < -0.4 is 0 Å². The lowest BCUT2D eigenvalue weighted by Crippen LogP contribution is -2.32. The predicted octanol–water partition coefficient (Wildman–Crippen LogP) is 2.36. The maximum atomic E-state index is 12.0. The summed E-state index contributed by atoms with van der Waals surface area (Å²) in [5.41, 5.74) is 0. The number of amides is 1. The van der Waals surface area contributed by atoms with Crippen molar-refractivity contribution in [3.8, 4) is 0 Å². The molecule has 1 fully saturated rings. The highest BCUT2D eigenvalue weighted by Crippen LogP contribution is 2.22. The fourth-order valence-corrected chi connectivity index (χ4v) is 3.82. The van der Waals surface area contributed by atoms with Gasteiger partial charge in [-0.05, 0) is 32.6 Å². The van der Waals surface area contributed by atoms with Crippen LogP contribution in [0.3, 0.4) is 0 Å². The molecule has 0 unspecified atom stereocenters. The van der Waals surface area contributed by atoms with Gasteiger partial charge in [0.2, 0.25) is 5.91 Å². The van der Waals surface area contributed by atoms with E-state index in [0.717, 1.165) is 35.3 Å². The van der Waals surface area contributed by atoms with Crippen LogP contribution in [-0.2, 0) is 9.53 Å². The average molecular weight is 315 g/mol. The first-order valence-corrected chi connectivity index (χ1v) is 8.74. The first-order chi connectivity index (χ1) is 9.65. The number of aromatic nitrogens is 2. The zero-order chi connectivity index (χ0) is 14.4. The van der Waals surface area contributed by atoms with E-state index >= 15 is 0 Å². The van der Waals surface area contributed by atoms with Crippen LogP contribution in [0, 0.1) is 6.92 Å². The van der Waals surface area contributed by atoms with Crippen LogP contribution in [0.15, 0.2) is 4.34 Å². The smallest absolute Gasteiger partial charge is 0.232 e.